The Morgan fingerprint density at radius 1 is 0.553 bits per heavy atom. The number of alkyl halides is 6. The predicted molar refractivity (Wildman–Crippen MR) is 274 cm³/mol. The van der Waals surface area contributed by atoms with Crippen LogP contribution >= 0.6 is 11.6 Å². The molecule has 0 radical (unpaired) electrons. The number of Topliss-reactive ketones (excluding diaryl/α,β-unsaturated/α-hetero) is 2. The van der Waals surface area contributed by atoms with Gasteiger partial charge in [0, 0.05) is 96.7 Å². The summed E-state index contributed by atoms with van der Waals surface area (Å²) >= 11 is 6.07. The number of rotatable bonds is 20. The molecule has 4 N–H and O–H groups in total. The summed E-state index contributed by atoms with van der Waals surface area (Å²) in [6.07, 6.45) is 0.616. The number of anilines is 6. The van der Waals surface area contributed by atoms with Gasteiger partial charge >= 0.3 is 24.2 Å². The second-order valence-electron chi connectivity index (χ2n) is 17.8. The molecule has 400 valence electrons. The van der Waals surface area contributed by atoms with Crippen molar-refractivity contribution in [3.8, 4) is 11.5 Å². The highest BCUT2D eigenvalue weighted by atomic mass is 35.5. The Labute approximate surface area is 438 Å². The minimum absolute atomic E-state index is 0.0320. The largest absolute Gasteiger partial charge is 0.492 e. The Hall–Kier alpha value is -7.69. The van der Waals surface area contributed by atoms with Gasteiger partial charge in [-0.2, -0.15) is 26.3 Å². The van der Waals surface area contributed by atoms with Gasteiger partial charge in [-0.05, 0) is 130 Å². The second-order valence-corrected chi connectivity index (χ2v) is 18.2. The van der Waals surface area contributed by atoms with E-state index in [-0.39, 0.29) is 46.1 Å². The third-order valence-electron chi connectivity index (χ3n) is 11.9. The first-order valence-electron chi connectivity index (χ1n) is 24.1. The van der Waals surface area contributed by atoms with E-state index in [1.807, 2.05) is 48.5 Å². The molecule has 2 aromatic heterocycles. The fourth-order valence-corrected chi connectivity index (χ4v) is 8.21. The number of amides is 2. The van der Waals surface area contributed by atoms with Gasteiger partial charge in [0.05, 0.1) is 5.02 Å². The number of hydrogen-bond donors (Lipinski definition) is 4. The van der Waals surface area contributed by atoms with Gasteiger partial charge in [-0.15, -0.1) is 0 Å². The molecule has 2 aliphatic rings. The van der Waals surface area contributed by atoms with Crippen molar-refractivity contribution in [2.24, 2.45) is 0 Å². The highest BCUT2D eigenvalue weighted by Gasteiger charge is 2.39. The van der Waals surface area contributed by atoms with Gasteiger partial charge < -0.3 is 30.7 Å². The average Bonchev–Trinajstić information content (AvgIpc) is 4.12. The lowest BCUT2D eigenvalue weighted by atomic mass is 9.99. The van der Waals surface area contributed by atoms with Gasteiger partial charge in [0.15, 0.2) is 11.6 Å². The normalized spacial score (nSPS) is 13.8. The van der Waals surface area contributed by atoms with Crippen molar-refractivity contribution in [1.29, 1.82) is 0 Å². The standard InChI is InChI=1S/C27H28F3N5O3.C26H25ClF3N5O3/c1-18-7-8-21(33-25(37)27(28,29)30)15-23(18)24(36)13-19-16-31-26(32-17-19)34-20-5-4-6-22(14-20)38-12-11-35-9-2-3-10-35;27-22-7-6-19(33-24(37)26(28,29)30)14-21(22)23(36)12-17-15-31-25(32-16-17)34-18-4-3-5-20(13-18)38-11-10-35-8-1-2-9-35/h4-8,14-17H,2-3,9-13H2,1H3,(H,33,37)(H,31,32,34);3-7,13-16H,1-2,8-12H2,(H,33,37)(H,31,32,34). The molecule has 16 nitrogen and oxygen atoms in total. The van der Waals surface area contributed by atoms with Crippen molar-refractivity contribution in [2.75, 3.05) is 73.7 Å². The Kier molecular flexibility index (Phi) is 19.3. The zero-order valence-corrected chi connectivity index (χ0v) is 41.8. The predicted octanol–water partition coefficient (Wildman–Crippen LogP) is 10.2. The molecule has 0 unspecified atom stereocenters. The smallest absolute Gasteiger partial charge is 0.471 e. The van der Waals surface area contributed by atoms with Crippen molar-refractivity contribution >= 4 is 69.6 Å². The molecule has 0 atom stereocenters. The highest BCUT2D eigenvalue weighted by molar-refractivity contribution is 6.34. The molecule has 2 saturated heterocycles. The number of halogens is 7. The molecule has 4 heterocycles. The van der Waals surface area contributed by atoms with Gasteiger partial charge in [-0.1, -0.05) is 29.8 Å². The average molecular weight is 1080 g/mol. The van der Waals surface area contributed by atoms with E-state index >= 15 is 0 Å². The van der Waals surface area contributed by atoms with Crippen LogP contribution in [0.4, 0.5) is 61.0 Å². The monoisotopic (exact) mass is 1070 g/mol. The summed E-state index contributed by atoms with van der Waals surface area (Å²) in [7, 11) is 0. The van der Waals surface area contributed by atoms with Crippen LogP contribution in [-0.2, 0) is 22.4 Å². The van der Waals surface area contributed by atoms with Gasteiger partial charge in [-0.3, -0.25) is 29.0 Å². The lowest BCUT2D eigenvalue weighted by Gasteiger charge is -2.15. The molecule has 2 aliphatic heterocycles. The molecular formula is C53H53ClF6N10O6. The molecule has 23 heteroatoms. The van der Waals surface area contributed by atoms with Gasteiger partial charge in [-0.25, -0.2) is 19.9 Å². The molecule has 8 rings (SSSR count). The first-order chi connectivity index (χ1) is 36.3. The summed E-state index contributed by atoms with van der Waals surface area (Å²) in [6, 6.07) is 22.5. The van der Waals surface area contributed by atoms with E-state index in [9.17, 15) is 45.5 Å². The van der Waals surface area contributed by atoms with Crippen LogP contribution in [0.2, 0.25) is 5.02 Å². The summed E-state index contributed by atoms with van der Waals surface area (Å²) in [5.74, 6) is -2.95. The van der Waals surface area contributed by atoms with Crippen LogP contribution in [0.1, 0.15) is 63.1 Å². The number of ketones is 2. The highest BCUT2D eigenvalue weighted by Crippen LogP contribution is 2.27. The van der Waals surface area contributed by atoms with Crippen molar-refractivity contribution in [3.63, 3.8) is 0 Å². The van der Waals surface area contributed by atoms with E-state index in [4.69, 9.17) is 21.1 Å². The first-order valence-corrected chi connectivity index (χ1v) is 24.5. The Bertz CT molecular complexity index is 2760. The van der Waals surface area contributed by atoms with E-state index in [0.717, 1.165) is 68.2 Å². The maximum Gasteiger partial charge on any atom is 0.471 e. The van der Waals surface area contributed by atoms with E-state index in [1.165, 1.54) is 80.8 Å². The van der Waals surface area contributed by atoms with Crippen molar-refractivity contribution in [1.82, 2.24) is 29.7 Å². The number of carbonyl (C=O) groups excluding carboxylic acids is 4. The molecule has 2 amide bonds. The van der Waals surface area contributed by atoms with E-state index in [2.05, 4.69) is 40.4 Å². The third-order valence-corrected chi connectivity index (χ3v) is 12.2. The lowest BCUT2D eigenvalue weighted by Crippen LogP contribution is -2.30. The summed E-state index contributed by atoms with van der Waals surface area (Å²) in [5, 5.41) is 9.71. The number of ether oxygens (including phenoxy) is 2. The molecular weight excluding hydrogens is 1020 g/mol. The van der Waals surface area contributed by atoms with Crippen LogP contribution in [0.3, 0.4) is 0 Å². The Balaban J connectivity index is 0.000000221. The van der Waals surface area contributed by atoms with Gasteiger partial charge in [0.1, 0.15) is 24.7 Å². The zero-order chi connectivity index (χ0) is 54.2. The minimum Gasteiger partial charge on any atom is -0.492 e. The van der Waals surface area contributed by atoms with E-state index in [0.29, 0.717) is 41.8 Å². The van der Waals surface area contributed by atoms with Crippen molar-refractivity contribution < 1.29 is 55.0 Å². The molecule has 0 aliphatic carbocycles. The minimum atomic E-state index is -5.06. The van der Waals surface area contributed by atoms with Crippen LogP contribution < -0.4 is 30.7 Å². The molecule has 6 aromatic rings. The number of nitrogens with zero attached hydrogens (tertiary/aromatic N) is 6. The van der Waals surface area contributed by atoms with Gasteiger partial charge in [0.25, 0.3) is 0 Å². The summed E-state index contributed by atoms with van der Waals surface area (Å²) < 4.78 is 86.9. The zero-order valence-electron chi connectivity index (χ0n) is 41.1. The lowest BCUT2D eigenvalue weighted by molar-refractivity contribution is -0.167. The second kappa shape index (κ2) is 26.2. The molecule has 4 aromatic carbocycles. The molecule has 0 bridgehead atoms. The Morgan fingerprint density at radius 2 is 0.961 bits per heavy atom. The van der Waals surface area contributed by atoms with Crippen LogP contribution in [0.25, 0.3) is 0 Å². The molecule has 0 saturated carbocycles. The topological polar surface area (TPSA) is 193 Å². The van der Waals surface area contributed by atoms with Crippen LogP contribution in [0.15, 0.2) is 110 Å². The number of benzene rings is 4. The number of aromatic nitrogens is 4. The number of aryl methyl sites for hydroxylation is 1. The third kappa shape index (κ3) is 17.2. The Morgan fingerprint density at radius 3 is 1.39 bits per heavy atom. The maximum absolute atomic E-state index is 12.8. The van der Waals surface area contributed by atoms with Crippen LogP contribution in [-0.4, -0.2) is 118 Å². The fraction of sp³-hybridized carbons (Fsp3) is 0.321. The van der Waals surface area contributed by atoms with Crippen molar-refractivity contribution in [3.05, 3.63) is 143 Å². The SMILES string of the molecule is Cc1ccc(NC(=O)C(F)(F)F)cc1C(=O)Cc1cnc(Nc2cccc(OCCN3CCCC3)c2)nc1.O=C(Cc1cnc(Nc2cccc(OCCN3CCCC3)c2)nc1)c1cc(NC(=O)C(F)(F)F)ccc1Cl. The first kappa shape index (κ1) is 56.0. The quantitative estimate of drug-likeness (QED) is 0.0417. The summed E-state index contributed by atoms with van der Waals surface area (Å²) in [5.41, 5.74) is 2.92. The van der Waals surface area contributed by atoms with Crippen LogP contribution in [0.5, 0.6) is 11.5 Å². The van der Waals surface area contributed by atoms with E-state index in [1.54, 1.807) is 17.6 Å². The number of likely N-dealkylation sites (tertiary alicyclic amines) is 2. The van der Waals surface area contributed by atoms with E-state index < -0.39 is 30.0 Å². The molecule has 2 fully saturated rings. The summed E-state index contributed by atoms with van der Waals surface area (Å²) in [4.78, 5) is 69.7. The maximum atomic E-state index is 12.8. The van der Waals surface area contributed by atoms with Crippen molar-refractivity contribution in [2.45, 2.75) is 57.8 Å². The molecule has 76 heavy (non-hydrogen) atoms. The number of hydrogen-bond acceptors (Lipinski definition) is 14. The number of nitrogens with one attached hydrogen (secondary N) is 4. The molecule has 0 spiro atoms. The number of carbonyl (C=O) groups is 4. The van der Waals surface area contributed by atoms with Crippen LogP contribution in [0, 0.1) is 6.92 Å². The van der Waals surface area contributed by atoms with Gasteiger partial charge in [0.2, 0.25) is 11.9 Å². The fourth-order valence-electron chi connectivity index (χ4n) is 7.99. The summed E-state index contributed by atoms with van der Waals surface area (Å²) in [6.45, 7) is 9.13.